The minimum Gasteiger partial charge on any atom is -0.0623 e. The highest BCUT2D eigenvalue weighted by Gasteiger charge is 2.44. The first kappa shape index (κ1) is 21.6. The first-order valence-corrected chi connectivity index (χ1v) is 12.2. The number of hydrogen-bond donors (Lipinski definition) is 0. The van der Waals surface area contributed by atoms with Gasteiger partial charge in [0.2, 0.25) is 0 Å². The van der Waals surface area contributed by atoms with Gasteiger partial charge in [0.1, 0.15) is 0 Å². The van der Waals surface area contributed by atoms with Gasteiger partial charge in [0.15, 0.2) is 0 Å². The Morgan fingerprint density at radius 2 is 1.32 bits per heavy atom. The van der Waals surface area contributed by atoms with Gasteiger partial charge in [0.05, 0.1) is 9.52 Å². The molecule has 0 amide bonds. The van der Waals surface area contributed by atoms with Crippen LogP contribution >= 0.6 is 0 Å². The average molecular weight is 421 g/mol. The minimum atomic E-state index is -0.0104. The molecular weight excluding hydrogens is 388 g/mol. The maximum absolute atomic E-state index is 2.39. The topological polar surface area (TPSA) is 0 Å². The van der Waals surface area contributed by atoms with Gasteiger partial charge >= 0.3 is 0 Å². The van der Waals surface area contributed by atoms with Crippen LogP contribution in [0.2, 0.25) is 5.04 Å². The lowest BCUT2D eigenvalue weighted by molar-refractivity contribution is 0.796. The normalized spacial score (nSPS) is 18.8. The maximum atomic E-state index is 2.39. The highest BCUT2D eigenvalue weighted by atomic mass is 28.2. The summed E-state index contributed by atoms with van der Waals surface area (Å²) in [5.41, 5.74) is 12.8. The molecule has 31 heavy (non-hydrogen) atoms. The largest absolute Gasteiger partial charge is 0.0993 e. The smallest absolute Gasteiger partial charge is 0.0623 e. The molecule has 0 aromatic heterocycles. The molecule has 0 saturated carbocycles. The highest BCUT2D eigenvalue weighted by molar-refractivity contribution is 6.61. The van der Waals surface area contributed by atoms with E-state index in [1.165, 1.54) is 55.3 Å². The van der Waals surface area contributed by atoms with Gasteiger partial charge in [-0.1, -0.05) is 100 Å². The maximum Gasteiger partial charge on any atom is 0.0993 e. The Hall–Kier alpha value is -2.64. The van der Waals surface area contributed by atoms with E-state index >= 15 is 0 Å². The monoisotopic (exact) mass is 420 g/mol. The van der Waals surface area contributed by atoms with Crippen molar-refractivity contribution in [3.05, 3.63) is 117 Å². The fraction of sp³-hybridized carbons (Fsp3) is 0.267. The van der Waals surface area contributed by atoms with E-state index in [0.29, 0.717) is 9.52 Å². The fourth-order valence-corrected chi connectivity index (χ4v) is 7.42. The lowest BCUT2D eigenvalue weighted by Crippen LogP contribution is -2.33. The number of benzene rings is 3. The first-order chi connectivity index (χ1) is 14.8. The van der Waals surface area contributed by atoms with Crippen molar-refractivity contribution in [1.82, 2.24) is 0 Å². The van der Waals surface area contributed by atoms with Crippen LogP contribution in [0.25, 0.3) is 5.57 Å². The van der Waals surface area contributed by atoms with E-state index < -0.39 is 0 Å². The van der Waals surface area contributed by atoms with Gasteiger partial charge in [-0.2, -0.15) is 0 Å². The molecule has 0 saturated heterocycles. The average Bonchev–Trinajstić information content (AvgIpc) is 2.89. The fourth-order valence-electron chi connectivity index (χ4n) is 5.21. The second-order valence-corrected chi connectivity index (χ2v) is 10.9. The van der Waals surface area contributed by atoms with E-state index in [9.17, 15) is 0 Å². The number of rotatable bonds is 5. The van der Waals surface area contributed by atoms with Crippen molar-refractivity contribution in [2.24, 2.45) is 0 Å². The lowest BCUT2D eigenvalue weighted by atomic mass is 9.83. The van der Waals surface area contributed by atoms with Crippen molar-refractivity contribution in [3.8, 4) is 0 Å². The molecule has 0 N–H and O–H groups in total. The van der Waals surface area contributed by atoms with Crippen molar-refractivity contribution in [2.75, 3.05) is 0 Å². The molecule has 1 aliphatic carbocycles. The molecule has 0 nitrogen and oxygen atoms in total. The summed E-state index contributed by atoms with van der Waals surface area (Å²) in [6, 6.07) is 27.2. The zero-order valence-electron chi connectivity index (χ0n) is 19.6. The summed E-state index contributed by atoms with van der Waals surface area (Å²) in [5.74, 6) is 0. The second-order valence-electron chi connectivity index (χ2n) is 9.19. The molecule has 1 unspecified atom stereocenters. The summed E-state index contributed by atoms with van der Waals surface area (Å²) in [7, 11) is 0.686. The number of hydrogen-bond acceptors (Lipinski definition) is 0. The van der Waals surface area contributed by atoms with Gasteiger partial charge in [-0.05, 0) is 75.8 Å². The van der Waals surface area contributed by atoms with E-state index in [-0.39, 0.29) is 5.04 Å². The second kappa shape index (κ2) is 8.47. The molecule has 3 aromatic rings. The van der Waals surface area contributed by atoms with Gasteiger partial charge in [0.25, 0.3) is 0 Å². The predicted octanol–water partition coefficient (Wildman–Crippen LogP) is 7.17. The summed E-state index contributed by atoms with van der Waals surface area (Å²) >= 11 is 0. The van der Waals surface area contributed by atoms with Crippen LogP contribution in [0, 0.1) is 20.8 Å². The van der Waals surface area contributed by atoms with Crippen LogP contribution in [0.1, 0.15) is 48.6 Å². The molecule has 0 bridgehead atoms. The van der Waals surface area contributed by atoms with Gasteiger partial charge < -0.3 is 0 Å². The predicted molar refractivity (Wildman–Crippen MR) is 136 cm³/mol. The van der Waals surface area contributed by atoms with Gasteiger partial charge in [-0.3, -0.25) is 0 Å². The lowest BCUT2D eigenvalue weighted by Gasteiger charge is -2.36. The molecule has 1 atom stereocenters. The van der Waals surface area contributed by atoms with E-state index in [2.05, 4.69) is 114 Å². The third kappa shape index (κ3) is 4.12. The molecule has 1 heteroatoms. The third-order valence-electron chi connectivity index (χ3n) is 6.76. The Labute approximate surface area is 190 Å². The van der Waals surface area contributed by atoms with Crippen molar-refractivity contribution in [2.45, 2.75) is 53.0 Å². The Morgan fingerprint density at radius 3 is 1.97 bits per heavy atom. The standard InChI is InChI=1S/C30H32Si/c1-20-11-10-12-26(16-20)19-30(31-28-17-21(2)15-22(3)18-28)25(6)23(4)24(5)29(30)27-13-8-7-9-14-27/h7-18H,19H2,1-6H3. The van der Waals surface area contributed by atoms with Crippen LogP contribution < -0.4 is 5.19 Å². The molecule has 3 aromatic carbocycles. The van der Waals surface area contributed by atoms with Gasteiger partial charge in [0, 0.05) is 5.04 Å². The summed E-state index contributed by atoms with van der Waals surface area (Å²) in [5, 5.41) is 1.45. The molecule has 0 spiro atoms. The first-order valence-electron chi connectivity index (χ1n) is 11.2. The molecule has 0 aliphatic heterocycles. The summed E-state index contributed by atoms with van der Waals surface area (Å²) in [6.45, 7) is 13.7. The van der Waals surface area contributed by atoms with E-state index in [1.54, 1.807) is 0 Å². The van der Waals surface area contributed by atoms with Crippen LogP contribution in [0.5, 0.6) is 0 Å². The molecule has 2 radical (unpaired) electrons. The molecule has 0 fully saturated rings. The summed E-state index contributed by atoms with van der Waals surface area (Å²) in [6.07, 6.45) is 1.03. The van der Waals surface area contributed by atoms with Gasteiger partial charge in [-0.15, -0.1) is 0 Å². The molecule has 1 aliphatic rings. The third-order valence-corrected chi connectivity index (χ3v) is 8.57. The summed E-state index contributed by atoms with van der Waals surface area (Å²) in [4.78, 5) is 0. The summed E-state index contributed by atoms with van der Waals surface area (Å²) < 4.78 is 0. The zero-order valence-corrected chi connectivity index (χ0v) is 20.6. The van der Waals surface area contributed by atoms with E-state index in [4.69, 9.17) is 0 Å². The Bertz CT molecular complexity index is 1160. The Morgan fingerprint density at radius 1 is 0.645 bits per heavy atom. The van der Waals surface area contributed by atoms with Gasteiger partial charge in [-0.25, -0.2) is 0 Å². The molecule has 156 valence electrons. The number of allylic oxidation sites excluding steroid dienone is 4. The van der Waals surface area contributed by atoms with Crippen LogP contribution in [0.15, 0.2) is 89.5 Å². The van der Waals surface area contributed by atoms with Crippen LogP contribution in [0.4, 0.5) is 0 Å². The highest BCUT2D eigenvalue weighted by Crippen LogP contribution is 2.58. The van der Waals surface area contributed by atoms with Crippen LogP contribution in [0.3, 0.4) is 0 Å². The van der Waals surface area contributed by atoms with E-state index in [0.717, 1.165) is 6.42 Å². The van der Waals surface area contributed by atoms with E-state index in [1.807, 2.05) is 0 Å². The minimum absolute atomic E-state index is 0.0104. The van der Waals surface area contributed by atoms with Crippen LogP contribution in [-0.2, 0) is 6.42 Å². The quantitative estimate of drug-likeness (QED) is 0.384. The Kier molecular flexibility index (Phi) is 5.90. The van der Waals surface area contributed by atoms with Crippen molar-refractivity contribution >= 4 is 20.3 Å². The SMILES string of the molecule is CC1=C(C)C(Cc2cccc(C)c2)([Si]c2cc(C)cc(C)c2)C(c2ccccc2)=C1C. The number of aryl methyl sites for hydroxylation is 3. The Balaban J connectivity index is 1.94. The van der Waals surface area contributed by atoms with Crippen molar-refractivity contribution in [1.29, 1.82) is 0 Å². The van der Waals surface area contributed by atoms with Crippen molar-refractivity contribution in [3.63, 3.8) is 0 Å². The molecular formula is C30H32Si. The van der Waals surface area contributed by atoms with Crippen molar-refractivity contribution < 1.29 is 0 Å². The van der Waals surface area contributed by atoms with Crippen LogP contribution in [-0.4, -0.2) is 9.52 Å². The zero-order chi connectivity index (χ0) is 22.2. The molecule has 0 heterocycles. The molecule has 4 rings (SSSR count).